The monoisotopic (exact) mass is 1290 g/mol. The van der Waals surface area contributed by atoms with E-state index in [4.69, 9.17) is 32.3 Å². The summed E-state index contributed by atoms with van der Waals surface area (Å²) in [4.78, 5) is 58.3. The van der Waals surface area contributed by atoms with Gasteiger partial charge in [-0.15, -0.1) is 0 Å². The number of aliphatic hydroxyl groups is 2. The van der Waals surface area contributed by atoms with Crippen LogP contribution >= 0.6 is 15.6 Å². The number of aliphatic hydroxyl groups excluding tert-OH is 2. The van der Waals surface area contributed by atoms with Crippen molar-refractivity contribution >= 4 is 33.6 Å². The maximum atomic E-state index is 12.9. The first-order chi connectivity index (χ1) is 43.2. The number of phosphoric ester groups is 2. The third-order valence-electron chi connectivity index (χ3n) is 13.3. The molecule has 0 aromatic heterocycles. The van der Waals surface area contributed by atoms with Crippen molar-refractivity contribution in [2.45, 2.75) is 257 Å². The number of ether oxygens (including phenoxy) is 3. The van der Waals surface area contributed by atoms with Gasteiger partial charge in [0.1, 0.15) is 25.4 Å². The highest BCUT2D eigenvalue weighted by molar-refractivity contribution is 7.47. The quantitative estimate of drug-likeness (QED) is 0.0146. The topological polar surface area (TPSA) is 231 Å². The van der Waals surface area contributed by atoms with Crippen molar-refractivity contribution in [1.82, 2.24) is 0 Å². The van der Waals surface area contributed by atoms with E-state index in [0.29, 0.717) is 19.3 Å². The number of carbonyl (C=O) groups excluding carboxylic acids is 3. The fourth-order valence-electron chi connectivity index (χ4n) is 8.26. The van der Waals surface area contributed by atoms with Crippen LogP contribution in [-0.4, -0.2) is 95.9 Å². The Morgan fingerprint density at radius 3 is 0.966 bits per heavy atom. The molecule has 0 aromatic rings. The molecule has 0 aromatic carbocycles. The molecule has 0 fully saturated rings. The second-order valence-electron chi connectivity index (χ2n) is 21.9. The van der Waals surface area contributed by atoms with E-state index in [2.05, 4.69) is 154 Å². The zero-order chi connectivity index (χ0) is 65.3. The minimum absolute atomic E-state index is 0.0826. The molecule has 0 saturated heterocycles. The van der Waals surface area contributed by atoms with Gasteiger partial charge in [0.05, 0.1) is 26.4 Å². The van der Waals surface area contributed by atoms with Gasteiger partial charge in [-0.05, 0) is 135 Å². The average molecular weight is 1290 g/mol. The van der Waals surface area contributed by atoms with Gasteiger partial charge in [0.2, 0.25) is 0 Å². The molecule has 0 heterocycles. The van der Waals surface area contributed by atoms with Gasteiger partial charge in [0.25, 0.3) is 0 Å². The lowest BCUT2D eigenvalue weighted by molar-refractivity contribution is -0.161. The molecule has 5 unspecified atom stereocenters. The fraction of sp³-hybridized carbons (Fsp3) is 0.648. The summed E-state index contributed by atoms with van der Waals surface area (Å²) in [5.74, 6) is -1.65. The molecule has 0 rings (SSSR count). The van der Waals surface area contributed by atoms with E-state index in [-0.39, 0.29) is 19.3 Å². The molecule has 0 spiro atoms. The largest absolute Gasteiger partial charge is 0.472 e. The summed E-state index contributed by atoms with van der Waals surface area (Å²) >= 11 is 0. The number of rotatable bonds is 62. The molecule has 0 amide bonds. The Kier molecular flexibility index (Phi) is 60.7. The summed E-state index contributed by atoms with van der Waals surface area (Å²) in [5.41, 5.74) is 0. The second kappa shape index (κ2) is 63.8. The first-order valence-electron chi connectivity index (χ1n) is 33.5. The predicted molar refractivity (Wildman–Crippen MR) is 362 cm³/mol. The van der Waals surface area contributed by atoms with Gasteiger partial charge in [-0.25, -0.2) is 9.13 Å². The summed E-state index contributed by atoms with van der Waals surface area (Å²) in [6.45, 7) is 2.32. The van der Waals surface area contributed by atoms with Crippen molar-refractivity contribution in [3.63, 3.8) is 0 Å². The first kappa shape index (κ1) is 84.7. The van der Waals surface area contributed by atoms with Crippen LogP contribution in [0.5, 0.6) is 0 Å². The highest BCUT2D eigenvalue weighted by Gasteiger charge is 2.29. The Morgan fingerprint density at radius 2 is 0.596 bits per heavy atom. The molecule has 0 bridgehead atoms. The number of unbranched alkanes of at least 4 members (excludes halogenated alkanes) is 17. The van der Waals surface area contributed by atoms with Crippen molar-refractivity contribution in [3.8, 4) is 0 Å². The Balaban J connectivity index is 4.70. The van der Waals surface area contributed by atoms with Crippen LogP contribution in [0.2, 0.25) is 0 Å². The van der Waals surface area contributed by atoms with Crippen LogP contribution in [0, 0.1) is 0 Å². The number of hydrogen-bond donors (Lipinski definition) is 4. The van der Waals surface area contributed by atoms with E-state index in [1.807, 2.05) is 0 Å². The van der Waals surface area contributed by atoms with E-state index in [9.17, 15) is 43.5 Å². The van der Waals surface area contributed by atoms with Crippen LogP contribution in [0.15, 0.2) is 134 Å². The number of esters is 3. The minimum Gasteiger partial charge on any atom is -0.463 e. The fourth-order valence-corrected chi connectivity index (χ4v) is 9.85. The number of allylic oxidation sites excluding steroid dienone is 22. The summed E-state index contributed by atoms with van der Waals surface area (Å²) < 4.78 is 60.8. The van der Waals surface area contributed by atoms with E-state index in [1.165, 1.54) is 25.7 Å². The van der Waals surface area contributed by atoms with E-state index >= 15 is 0 Å². The average Bonchev–Trinajstić information content (AvgIpc) is 3.55. The molecule has 0 aliphatic carbocycles. The lowest BCUT2D eigenvalue weighted by atomic mass is 10.1. The molecular weight excluding hydrogens is 1170 g/mol. The molecule has 89 heavy (non-hydrogen) atoms. The molecule has 0 aliphatic rings. The number of carbonyl (C=O) groups is 3. The third-order valence-corrected chi connectivity index (χ3v) is 15.2. The van der Waals surface area contributed by atoms with E-state index in [0.717, 1.165) is 154 Å². The SMILES string of the molecule is CC/C=C\C/C=C\C/C=C\C/C=C\C/C=C\CCCCCCCC(=O)OCC(O)COP(=O)(O)OCC(O)COP(=O)(O)OCC(COC(=O)CCCCC/C=C\C/C=C\C/C=C\C/C=C\C/C=C\CC)OC(=O)CCCCCCC/C=C\CCCCCC. The van der Waals surface area contributed by atoms with E-state index < -0.39 is 91.5 Å². The van der Waals surface area contributed by atoms with Crippen LogP contribution in [0.3, 0.4) is 0 Å². The minimum atomic E-state index is -4.94. The van der Waals surface area contributed by atoms with Gasteiger partial charge < -0.3 is 34.2 Å². The van der Waals surface area contributed by atoms with Crippen molar-refractivity contribution < 1.29 is 75.8 Å². The smallest absolute Gasteiger partial charge is 0.463 e. The van der Waals surface area contributed by atoms with Gasteiger partial charge in [-0.1, -0.05) is 219 Å². The van der Waals surface area contributed by atoms with Crippen LogP contribution in [0.25, 0.3) is 0 Å². The van der Waals surface area contributed by atoms with Crippen molar-refractivity contribution in [3.05, 3.63) is 134 Å². The second-order valence-corrected chi connectivity index (χ2v) is 24.8. The first-order valence-corrected chi connectivity index (χ1v) is 36.5. The maximum absolute atomic E-state index is 12.9. The van der Waals surface area contributed by atoms with Gasteiger partial charge in [-0.3, -0.25) is 32.5 Å². The third kappa shape index (κ3) is 65.0. The molecule has 0 saturated carbocycles. The summed E-state index contributed by atoms with van der Waals surface area (Å²) in [5, 5.41) is 20.5. The molecule has 18 heteroatoms. The Bertz CT molecular complexity index is 2160. The standard InChI is InChI=1S/C71H118O16P2/c1-4-7-10-13-16-19-22-25-27-29-31-32-34-36-37-40-42-45-48-51-54-57-69(74)81-60-66(72)61-83-88(77,78)84-62-67(73)63-85-89(79,80)86-65-68(87-71(76)59-56-53-50-47-44-39-24-21-18-15-12-9-6-3)64-82-70(75)58-55-52-49-46-43-41-38-35-33-30-28-26-23-20-17-14-11-8-5-2/h7-8,10-11,16-17,19-21,24-28,31-33,35-37,41,43,66-68,72-73H,4-6,9,12-15,18,22-23,29-30,34,38-40,42,44-65H2,1-3H3,(H,77,78)(H,79,80)/b10-7-,11-8-,19-16-,20-17-,24-21-,27-25-,28-26-,32-31-,35-33-,37-36-,43-41-. The highest BCUT2D eigenvalue weighted by Crippen LogP contribution is 2.45. The zero-order valence-corrected chi connectivity index (χ0v) is 56.6. The van der Waals surface area contributed by atoms with Gasteiger partial charge in [-0.2, -0.15) is 0 Å². The van der Waals surface area contributed by atoms with Crippen molar-refractivity contribution in [1.29, 1.82) is 0 Å². The van der Waals surface area contributed by atoms with Crippen LogP contribution in [0.1, 0.15) is 239 Å². The predicted octanol–water partition coefficient (Wildman–Crippen LogP) is 18.4. The summed E-state index contributed by atoms with van der Waals surface area (Å²) in [6.07, 6.45) is 73.6. The van der Waals surface area contributed by atoms with Gasteiger partial charge in [0, 0.05) is 19.3 Å². The number of hydrogen-bond acceptors (Lipinski definition) is 14. The van der Waals surface area contributed by atoms with Gasteiger partial charge in [0.15, 0.2) is 6.10 Å². The van der Waals surface area contributed by atoms with Gasteiger partial charge >= 0.3 is 33.6 Å². The molecule has 508 valence electrons. The molecule has 4 N–H and O–H groups in total. The zero-order valence-electron chi connectivity index (χ0n) is 54.8. The highest BCUT2D eigenvalue weighted by atomic mass is 31.2. The van der Waals surface area contributed by atoms with Crippen molar-refractivity contribution in [2.24, 2.45) is 0 Å². The van der Waals surface area contributed by atoms with E-state index in [1.54, 1.807) is 0 Å². The molecular formula is C71H118O16P2. The molecule has 16 nitrogen and oxygen atoms in total. The lowest BCUT2D eigenvalue weighted by Gasteiger charge is -2.21. The molecule has 5 atom stereocenters. The number of phosphoric acid groups is 2. The Morgan fingerprint density at radius 1 is 0.326 bits per heavy atom. The normalized spacial score (nSPS) is 15.1. The Labute approximate surface area is 537 Å². The van der Waals surface area contributed by atoms with Crippen LogP contribution < -0.4 is 0 Å². The van der Waals surface area contributed by atoms with Crippen LogP contribution in [-0.2, 0) is 55.8 Å². The van der Waals surface area contributed by atoms with Crippen LogP contribution in [0.4, 0.5) is 0 Å². The summed E-state index contributed by atoms with van der Waals surface area (Å²) in [6, 6.07) is 0. The maximum Gasteiger partial charge on any atom is 0.472 e. The van der Waals surface area contributed by atoms with Crippen molar-refractivity contribution in [2.75, 3.05) is 39.6 Å². The summed E-state index contributed by atoms with van der Waals surface area (Å²) in [7, 11) is -9.80. The Hall–Kier alpha value is -4.31. The molecule has 0 aliphatic heterocycles. The molecule has 0 radical (unpaired) electrons. The lowest BCUT2D eigenvalue weighted by Crippen LogP contribution is -2.30.